The van der Waals surface area contributed by atoms with Gasteiger partial charge in [-0.3, -0.25) is 0 Å². The molecule has 158 valence electrons. The molecule has 0 bridgehead atoms. The highest BCUT2D eigenvalue weighted by Crippen LogP contribution is 2.30. The zero-order valence-electron chi connectivity index (χ0n) is 19.3. The molecule has 0 aromatic rings. The van der Waals surface area contributed by atoms with E-state index in [9.17, 15) is 0 Å². The van der Waals surface area contributed by atoms with Crippen LogP contribution in [0.15, 0.2) is 0 Å². The van der Waals surface area contributed by atoms with Gasteiger partial charge in [0.2, 0.25) is 0 Å². The van der Waals surface area contributed by atoms with Gasteiger partial charge in [0, 0.05) is 0 Å². The predicted molar refractivity (Wildman–Crippen MR) is 122 cm³/mol. The van der Waals surface area contributed by atoms with E-state index in [0.717, 1.165) is 11.8 Å². The Morgan fingerprint density at radius 1 is 0.346 bits per heavy atom. The Hall–Kier alpha value is 0. The second-order valence-corrected chi connectivity index (χ2v) is 9.01. The van der Waals surface area contributed by atoms with E-state index in [1.165, 1.54) is 122 Å². The molecule has 0 heterocycles. The van der Waals surface area contributed by atoms with E-state index < -0.39 is 0 Å². The first-order valence-electron chi connectivity index (χ1n) is 12.8. The molecule has 0 spiro atoms. The Morgan fingerprint density at radius 2 is 0.692 bits per heavy atom. The maximum atomic E-state index is 2.39. The third kappa shape index (κ3) is 17.4. The third-order valence-electron chi connectivity index (χ3n) is 6.26. The standard InChI is InChI=1S/C26H54/c1-5-9-12-15-18-21-25(20-8-4)24-26(22-17-14-11-7-3)23-19-16-13-10-6-2/h25-26H,5-24H2,1-4H3. The van der Waals surface area contributed by atoms with E-state index in [2.05, 4.69) is 27.7 Å². The Balaban J connectivity index is 4.24. The van der Waals surface area contributed by atoms with E-state index >= 15 is 0 Å². The Labute approximate surface area is 168 Å². The second-order valence-electron chi connectivity index (χ2n) is 9.01. The molecule has 0 saturated carbocycles. The molecule has 0 amide bonds. The highest BCUT2D eigenvalue weighted by atomic mass is 14.2. The molecule has 0 aromatic heterocycles. The fourth-order valence-corrected chi connectivity index (χ4v) is 4.57. The summed E-state index contributed by atoms with van der Waals surface area (Å²) >= 11 is 0. The van der Waals surface area contributed by atoms with Crippen molar-refractivity contribution in [3.63, 3.8) is 0 Å². The minimum Gasteiger partial charge on any atom is -0.0654 e. The van der Waals surface area contributed by atoms with Gasteiger partial charge in [-0.1, -0.05) is 150 Å². The molecule has 0 aromatic carbocycles. The van der Waals surface area contributed by atoms with E-state index in [4.69, 9.17) is 0 Å². The van der Waals surface area contributed by atoms with Gasteiger partial charge < -0.3 is 0 Å². The molecule has 0 saturated heterocycles. The zero-order chi connectivity index (χ0) is 19.3. The SMILES string of the molecule is CCCCCCCC(CCC)CC(CCCCCC)CCCCCCC. The summed E-state index contributed by atoms with van der Waals surface area (Å²) < 4.78 is 0. The Bertz CT molecular complexity index is 244. The summed E-state index contributed by atoms with van der Waals surface area (Å²) in [5, 5.41) is 0. The predicted octanol–water partition coefficient (Wildman–Crippen LogP) is 10.1. The van der Waals surface area contributed by atoms with E-state index in [0.29, 0.717) is 0 Å². The number of unbranched alkanes of at least 4 members (excludes halogenated alkanes) is 11. The van der Waals surface area contributed by atoms with Gasteiger partial charge in [-0.05, 0) is 18.3 Å². The van der Waals surface area contributed by atoms with Gasteiger partial charge in [0.25, 0.3) is 0 Å². The third-order valence-corrected chi connectivity index (χ3v) is 6.26. The van der Waals surface area contributed by atoms with E-state index in [-0.39, 0.29) is 0 Å². The first-order valence-corrected chi connectivity index (χ1v) is 12.8. The second kappa shape index (κ2) is 21.3. The van der Waals surface area contributed by atoms with Crippen LogP contribution in [0.2, 0.25) is 0 Å². The van der Waals surface area contributed by atoms with E-state index in [1.54, 1.807) is 6.42 Å². The molecule has 0 aliphatic carbocycles. The summed E-state index contributed by atoms with van der Waals surface area (Å²) in [7, 11) is 0. The molecule has 0 fully saturated rings. The molecule has 0 nitrogen and oxygen atoms in total. The van der Waals surface area contributed by atoms with Crippen molar-refractivity contribution in [3.05, 3.63) is 0 Å². The van der Waals surface area contributed by atoms with Crippen LogP contribution in [-0.2, 0) is 0 Å². The zero-order valence-corrected chi connectivity index (χ0v) is 19.3. The molecule has 0 rings (SSSR count). The normalized spacial score (nSPS) is 13.8. The fraction of sp³-hybridized carbons (Fsp3) is 1.00. The van der Waals surface area contributed by atoms with Crippen molar-refractivity contribution in [1.29, 1.82) is 0 Å². The molecular weight excluding hydrogens is 312 g/mol. The van der Waals surface area contributed by atoms with Crippen molar-refractivity contribution in [1.82, 2.24) is 0 Å². The van der Waals surface area contributed by atoms with Crippen LogP contribution >= 0.6 is 0 Å². The molecule has 26 heavy (non-hydrogen) atoms. The summed E-state index contributed by atoms with van der Waals surface area (Å²) in [5.74, 6) is 2.05. The largest absolute Gasteiger partial charge is 0.0654 e. The highest BCUT2D eigenvalue weighted by molar-refractivity contribution is 4.68. The number of rotatable bonds is 21. The van der Waals surface area contributed by atoms with Crippen LogP contribution in [0.25, 0.3) is 0 Å². The molecule has 0 heteroatoms. The van der Waals surface area contributed by atoms with Gasteiger partial charge >= 0.3 is 0 Å². The average molecular weight is 367 g/mol. The fourth-order valence-electron chi connectivity index (χ4n) is 4.57. The minimum absolute atomic E-state index is 1.02. The first-order chi connectivity index (χ1) is 12.8. The van der Waals surface area contributed by atoms with Crippen molar-refractivity contribution in [2.24, 2.45) is 11.8 Å². The lowest BCUT2D eigenvalue weighted by molar-refractivity contribution is 0.286. The van der Waals surface area contributed by atoms with Gasteiger partial charge in [0.1, 0.15) is 0 Å². The maximum Gasteiger partial charge on any atom is -0.0412 e. The van der Waals surface area contributed by atoms with Crippen LogP contribution in [0.5, 0.6) is 0 Å². The lowest BCUT2D eigenvalue weighted by Crippen LogP contribution is -2.10. The lowest BCUT2D eigenvalue weighted by Gasteiger charge is -2.24. The maximum absolute atomic E-state index is 2.39. The smallest absolute Gasteiger partial charge is 0.0412 e. The summed E-state index contributed by atoms with van der Waals surface area (Å²) in [6, 6.07) is 0. The summed E-state index contributed by atoms with van der Waals surface area (Å²) in [6.45, 7) is 9.38. The van der Waals surface area contributed by atoms with Gasteiger partial charge in [-0.15, -0.1) is 0 Å². The van der Waals surface area contributed by atoms with Crippen LogP contribution in [0.1, 0.15) is 156 Å². The van der Waals surface area contributed by atoms with Crippen LogP contribution in [0, 0.1) is 11.8 Å². The summed E-state index contributed by atoms with van der Waals surface area (Å²) in [5.41, 5.74) is 0. The van der Waals surface area contributed by atoms with Gasteiger partial charge in [-0.25, -0.2) is 0 Å². The average Bonchev–Trinajstić information content (AvgIpc) is 2.64. The highest BCUT2D eigenvalue weighted by Gasteiger charge is 2.16. The van der Waals surface area contributed by atoms with Gasteiger partial charge in [0.05, 0.1) is 0 Å². The summed E-state index contributed by atoms with van der Waals surface area (Å²) in [4.78, 5) is 0. The van der Waals surface area contributed by atoms with Gasteiger partial charge in [0.15, 0.2) is 0 Å². The van der Waals surface area contributed by atoms with Crippen LogP contribution < -0.4 is 0 Å². The molecule has 0 aliphatic rings. The van der Waals surface area contributed by atoms with Crippen molar-refractivity contribution < 1.29 is 0 Å². The van der Waals surface area contributed by atoms with Crippen molar-refractivity contribution in [2.45, 2.75) is 156 Å². The molecule has 2 atom stereocenters. The topological polar surface area (TPSA) is 0 Å². The van der Waals surface area contributed by atoms with E-state index in [1.807, 2.05) is 0 Å². The number of hydrogen-bond acceptors (Lipinski definition) is 0. The molecular formula is C26H54. The van der Waals surface area contributed by atoms with Crippen LogP contribution in [0.4, 0.5) is 0 Å². The van der Waals surface area contributed by atoms with Gasteiger partial charge in [-0.2, -0.15) is 0 Å². The minimum atomic E-state index is 1.02. The Kier molecular flexibility index (Phi) is 21.3. The lowest BCUT2D eigenvalue weighted by atomic mass is 9.82. The van der Waals surface area contributed by atoms with Crippen molar-refractivity contribution >= 4 is 0 Å². The summed E-state index contributed by atoms with van der Waals surface area (Å²) in [6.07, 6.45) is 29.2. The number of hydrogen-bond donors (Lipinski definition) is 0. The molecule has 0 N–H and O–H groups in total. The molecule has 0 aliphatic heterocycles. The van der Waals surface area contributed by atoms with Crippen LogP contribution in [-0.4, -0.2) is 0 Å². The molecule has 0 radical (unpaired) electrons. The quantitative estimate of drug-likeness (QED) is 0.177. The van der Waals surface area contributed by atoms with Crippen molar-refractivity contribution in [2.75, 3.05) is 0 Å². The first kappa shape index (κ1) is 26.0. The monoisotopic (exact) mass is 366 g/mol. The van der Waals surface area contributed by atoms with Crippen LogP contribution in [0.3, 0.4) is 0 Å². The Morgan fingerprint density at radius 3 is 1.08 bits per heavy atom. The van der Waals surface area contributed by atoms with Crippen molar-refractivity contribution in [3.8, 4) is 0 Å². The molecule has 2 unspecified atom stereocenters.